The van der Waals surface area contributed by atoms with E-state index in [1.165, 1.54) is 12.1 Å². The van der Waals surface area contributed by atoms with Crippen LogP contribution in [-0.2, 0) is 20.9 Å². The summed E-state index contributed by atoms with van der Waals surface area (Å²) in [5.41, 5.74) is -0.231. The Hall–Kier alpha value is -2.78. The van der Waals surface area contributed by atoms with Gasteiger partial charge < -0.3 is 20.7 Å². The molecule has 0 aliphatic rings. The van der Waals surface area contributed by atoms with Gasteiger partial charge in [-0.1, -0.05) is 18.2 Å². The number of alkyl carbamates (subject to hydrolysis) is 1. The van der Waals surface area contributed by atoms with Crippen molar-refractivity contribution in [2.24, 2.45) is 0 Å². The lowest BCUT2D eigenvalue weighted by molar-refractivity contribution is -0.173. The van der Waals surface area contributed by atoms with Gasteiger partial charge in [0.1, 0.15) is 12.1 Å². The van der Waals surface area contributed by atoms with Gasteiger partial charge in [-0.2, -0.15) is 13.2 Å². The molecule has 0 aliphatic carbocycles. The lowest BCUT2D eigenvalue weighted by Gasteiger charge is -2.19. The monoisotopic (exact) mass is 375 g/mol. The number of hydrogen-bond donors (Lipinski definition) is 3. The van der Waals surface area contributed by atoms with E-state index in [1.807, 2.05) is 0 Å². The molecule has 0 atom stereocenters. The van der Waals surface area contributed by atoms with E-state index in [0.29, 0.717) is 0 Å². The fourth-order valence-corrected chi connectivity index (χ4v) is 1.73. The van der Waals surface area contributed by atoms with Gasteiger partial charge in [-0.05, 0) is 32.4 Å². The lowest BCUT2D eigenvalue weighted by Crippen LogP contribution is -2.38. The van der Waals surface area contributed by atoms with Gasteiger partial charge in [-0.15, -0.1) is 0 Å². The van der Waals surface area contributed by atoms with Crippen LogP contribution >= 0.6 is 0 Å². The summed E-state index contributed by atoms with van der Waals surface area (Å²) >= 11 is 0. The number of rotatable bonds is 5. The first-order chi connectivity index (χ1) is 11.9. The fraction of sp³-hybridized carbons (Fsp3) is 0.438. The van der Waals surface area contributed by atoms with E-state index in [2.05, 4.69) is 10.6 Å². The standard InChI is InChI=1S/C16H20F3N3O4/c1-15(2,3)26-14(25)21-9-12(23)22-11-7-5-4-6-10(11)8-20-13(24)16(17,18)19/h4-7H,8-9H2,1-3H3,(H,20,24)(H,21,25)(H,22,23). The molecule has 0 aromatic heterocycles. The van der Waals surface area contributed by atoms with Crippen molar-refractivity contribution in [3.63, 3.8) is 0 Å². The van der Waals surface area contributed by atoms with Gasteiger partial charge in [-0.3, -0.25) is 9.59 Å². The minimum Gasteiger partial charge on any atom is -0.444 e. The van der Waals surface area contributed by atoms with Crippen molar-refractivity contribution in [1.82, 2.24) is 10.6 Å². The van der Waals surface area contributed by atoms with Crippen LogP contribution in [0, 0.1) is 0 Å². The highest BCUT2D eigenvalue weighted by Gasteiger charge is 2.38. The third-order valence-electron chi connectivity index (χ3n) is 2.78. The second kappa shape index (κ2) is 8.54. The molecule has 0 saturated heterocycles. The first kappa shape index (κ1) is 21.3. The Labute approximate surface area is 148 Å². The third kappa shape index (κ3) is 7.86. The number of carbonyl (C=O) groups excluding carboxylic acids is 3. The Bertz CT molecular complexity index is 669. The van der Waals surface area contributed by atoms with E-state index in [4.69, 9.17) is 4.74 Å². The molecule has 1 rings (SSSR count). The molecule has 7 nitrogen and oxygen atoms in total. The van der Waals surface area contributed by atoms with Crippen molar-refractivity contribution in [1.29, 1.82) is 0 Å². The molecule has 1 aromatic rings. The molecule has 0 fully saturated rings. The molecular weight excluding hydrogens is 355 g/mol. The Morgan fingerprint density at radius 3 is 2.23 bits per heavy atom. The average molecular weight is 375 g/mol. The normalized spacial score (nSPS) is 11.5. The highest BCUT2D eigenvalue weighted by Crippen LogP contribution is 2.17. The van der Waals surface area contributed by atoms with E-state index in [1.54, 1.807) is 38.2 Å². The summed E-state index contributed by atoms with van der Waals surface area (Å²) in [4.78, 5) is 34.2. The Morgan fingerprint density at radius 2 is 1.65 bits per heavy atom. The first-order valence-corrected chi connectivity index (χ1v) is 7.58. The van der Waals surface area contributed by atoms with Crippen molar-refractivity contribution in [2.45, 2.75) is 39.1 Å². The Kier molecular flexibility index (Phi) is 6.99. The van der Waals surface area contributed by atoms with Gasteiger partial charge in [0.15, 0.2) is 0 Å². The zero-order valence-corrected chi connectivity index (χ0v) is 14.5. The second-order valence-electron chi connectivity index (χ2n) is 6.24. The largest absolute Gasteiger partial charge is 0.471 e. The van der Waals surface area contributed by atoms with Crippen molar-refractivity contribution in [2.75, 3.05) is 11.9 Å². The number of hydrogen-bond acceptors (Lipinski definition) is 4. The molecule has 10 heteroatoms. The van der Waals surface area contributed by atoms with Crippen molar-refractivity contribution >= 4 is 23.6 Å². The van der Waals surface area contributed by atoms with Crippen LogP contribution in [0.15, 0.2) is 24.3 Å². The van der Waals surface area contributed by atoms with Crippen molar-refractivity contribution in [3.05, 3.63) is 29.8 Å². The minimum absolute atomic E-state index is 0.214. The molecule has 1 aromatic carbocycles. The molecule has 0 heterocycles. The number of nitrogens with one attached hydrogen (secondary N) is 3. The lowest BCUT2D eigenvalue weighted by atomic mass is 10.1. The maximum atomic E-state index is 12.2. The molecule has 0 unspecified atom stereocenters. The number of benzene rings is 1. The fourth-order valence-electron chi connectivity index (χ4n) is 1.73. The van der Waals surface area contributed by atoms with Crippen molar-refractivity contribution < 1.29 is 32.3 Å². The van der Waals surface area contributed by atoms with Crippen molar-refractivity contribution in [3.8, 4) is 0 Å². The molecule has 3 amide bonds. The number of ether oxygens (including phenoxy) is 1. The van der Waals surface area contributed by atoms with Gasteiger partial charge in [0.2, 0.25) is 5.91 Å². The SMILES string of the molecule is CC(C)(C)OC(=O)NCC(=O)Nc1ccccc1CNC(=O)C(F)(F)F. The summed E-state index contributed by atoms with van der Waals surface area (Å²) in [5, 5.41) is 6.43. The second-order valence-corrected chi connectivity index (χ2v) is 6.24. The van der Waals surface area contributed by atoms with Crippen LogP contribution in [0.4, 0.5) is 23.7 Å². The van der Waals surface area contributed by atoms with Crippen LogP contribution in [0.25, 0.3) is 0 Å². The molecule has 144 valence electrons. The van der Waals surface area contributed by atoms with E-state index in [9.17, 15) is 27.6 Å². The predicted octanol–water partition coefficient (Wildman–Crippen LogP) is 2.33. The number of amides is 3. The van der Waals surface area contributed by atoms with E-state index < -0.39 is 42.8 Å². The van der Waals surface area contributed by atoms with Gasteiger partial charge in [0.05, 0.1) is 0 Å². The molecule has 26 heavy (non-hydrogen) atoms. The van der Waals surface area contributed by atoms with Crippen LogP contribution < -0.4 is 16.0 Å². The summed E-state index contributed by atoms with van der Waals surface area (Å²) in [6.07, 6.45) is -5.77. The zero-order chi connectivity index (χ0) is 20.0. The van der Waals surface area contributed by atoms with Crippen LogP contribution in [0.1, 0.15) is 26.3 Å². The Balaban J connectivity index is 2.60. The maximum absolute atomic E-state index is 12.2. The molecule has 0 saturated carbocycles. The summed E-state index contributed by atoms with van der Waals surface area (Å²) in [6.45, 7) is 4.18. The summed E-state index contributed by atoms with van der Waals surface area (Å²) < 4.78 is 41.6. The average Bonchev–Trinajstić information content (AvgIpc) is 2.49. The number of carbonyl (C=O) groups is 3. The minimum atomic E-state index is -4.99. The van der Waals surface area contributed by atoms with E-state index in [0.717, 1.165) is 0 Å². The quantitative estimate of drug-likeness (QED) is 0.736. The molecular formula is C16H20F3N3O4. The van der Waals surface area contributed by atoms with Crippen LogP contribution in [0.2, 0.25) is 0 Å². The molecule has 0 aliphatic heterocycles. The molecule has 0 radical (unpaired) electrons. The number of anilines is 1. The zero-order valence-electron chi connectivity index (χ0n) is 14.5. The van der Waals surface area contributed by atoms with Gasteiger partial charge in [0.25, 0.3) is 0 Å². The first-order valence-electron chi connectivity index (χ1n) is 7.58. The van der Waals surface area contributed by atoms with Crippen LogP contribution in [-0.4, -0.2) is 36.2 Å². The topological polar surface area (TPSA) is 96.5 Å². The van der Waals surface area contributed by atoms with E-state index in [-0.39, 0.29) is 11.3 Å². The number of halogens is 3. The third-order valence-corrected chi connectivity index (χ3v) is 2.78. The van der Waals surface area contributed by atoms with Crippen LogP contribution in [0.3, 0.4) is 0 Å². The highest BCUT2D eigenvalue weighted by atomic mass is 19.4. The summed E-state index contributed by atoms with van der Waals surface area (Å²) in [6, 6.07) is 6.02. The molecule has 0 bridgehead atoms. The smallest absolute Gasteiger partial charge is 0.444 e. The van der Waals surface area contributed by atoms with Crippen LogP contribution in [0.5, 0.6) is 0 Å². The predicted molar refractivity (Wildman–Crippen MR) is 87.2 cm³/mol. The summed E-state index contributed by atoms with van der Waals surface area (Å²) in [5.74, 6) is -2.68. The van der Waals surface area contributed by atoms with Gasteiger partial charge in [-0.25, -0.2) is 4.79 Å². The van der Waals surface area contributed by atoms with Gasteiger partial charge >= 0.3 is 18.2 Å². The highest BCUT2D eigenvalue weighted by molar-refractivity contribution is 5.94. The Morgan fingerprint density at radius 1 is 1.04 bits per heavy atom. The number of alkyl halides is 3. The molecule has 0 spiro atoms. The number of para-hydroxylation sites is 1. The maximum Gasteiger partial charge on any atom is 0.471 e. The van der Waals surface area contributed by atoms with Gasteiger partial charge in [0, 0.05) is 12.2 Å². The molecule has 3 N–H and O–H groups in total. The van der Waals surface area contributed by atoms with E-state index >= 15 is 0 Å². The summed E-state index contributed by atoms with van der Waals surface area (Å²) in [7, 11) is 0.